The van der Waals surface area contributed by atoms with Crippen molar-refractivity contribution in [3.63, 3.8) is 0 Å². The predicted molar refractivity (Wildman–Crippen MR) is 120 cm³/mol. The largest absolute Gasteiger partial charge is 0.491 e. The van der Waals surface area contributed by atoms with E-state index in [2.05, 4.69) is 21.2 Å². The van der Waals surface area contributed by atoms with Crippen LogP contribution < -0.4 is 14.4 Å². The molecule has 2 aromatic rings. The zero-order valence-electron chi connectivity index (χ0n) is 16.3. The number of anilines is 1. The summed E-state index contributed by atoms with van der Waals surface area (Å²) in [5, 5.41) is 3.20. The fourth-order valence-electron chi connectivity index (χ4n) is 2.67. The number of para-hydroxylation sites is 1. The maximum absolute atomic E-state index is 12.1. The monoisotopic (exact) mass is 502 g/mol. The molecule has 0 unspecified atom stereocenters. The number of hydrogen-bond donors (Lipinski definition) is 1. The molecule has 0 bridgehead atoms. The number of carbonyl (C=O) groups is 1. The highest BCUT2D eigenvalue weighted by Crippen LogP contribution is 2.28. The normalized spacial score (nSPS) is 11.2. The van der Waals surface area contributed by atoms with Gasteiger partial charge in [0.1, 0.15) is 12.4 Å². The predicted octanol–water partition coefficient (Wildman–Crippen LogP) is 4.15. The minimum Gasteiger partial charge on any atom is -0.491 e. The van der Waals surface area contributed by atoms with Crippen LogP contribution in [0.4, 0.5) is 5.69 Å². The highest BCUT2D eigenvalue weighted by atomic mass is 79.9. The Morgan fingerprint density at radius 2 is 1.97 bits per heavy atom. The van der Waals surface area contributed by atoms with Gasteiger partial charge in [-0.25, -0.2) is 8.42 Å². The first kappa shape index (κ1) is 23.5. The number of aryl methyl sites for hydroxylation is 1. The number of amides is 1. The van der Waals surface area contributed by atoms with E-state index in [1.807, 2.05) is 31.2 Å². The van der Waals surface area contributed by atoms with E-state index in [1.54, 1.807) is 18.2 Å². The van der Waals surface area contributed by atoms with Gasteiger partial charge in [-0.05, 0) is 59.1 Å². The quantitative estimate of drug-likeness (QED) is 0.494. The number of ether oxygens (including phenoxy) is 1. The SMILES string of the molecule is Cc1ccccc1OCCNC(=O)CCCN(c1ccc(Br)c(Cl)c1)S(C)(=O)=O. The van der Waals surface area contributed by atoms with Crippen LogP contribution in [0.2, 0.25) is 5.02 Å². The topological polar surface area (TPSA) is 75.7 Å². The van der Waals surface area contributed by atoms with Crippen LogP contribution in [0.5, 0.6) is 5.75 Å². The molecule has 1 amide bonds. The highest BCUT2D eigenvalue weighted by molar-refractivity contribution is 9.10. The highest BCUT2D eigenvalue weighted by Gasteiger charge is 2.18. The third-order valence-electron chi connectivity index (χ3n) is 4.13. The van der Waals surface area contributed by atoms with Gasteiger partial charge < -0.3 is 10.1 Å². The summed E-state index contributed by atoms with van der Waals surface area (Å²) in [7, 11) is -3.49. The third kappa shape index (κ3) is 7.53. The van der Waals surface area contributed by atoms with Gasteiger partial charge in [-0.2, -0.15) is 0 Å². The third-order valence-corrected chi connectivity index (χ3v) is 6.56. The molecule has 0 atom stereocenters. The van der Waals surface area contributed by atoms with E-state index in [0.29, 0.717) is 34.8 Å². The van der Waals surface area contributed by atoms with E-state index in [4.69, 9.17) is 16.3 Å². The number of nitrogens with zero attached hydrogens (tertiary/aromatic N) is 1. The molecule has 2 aromatic carbocycles. The van der Waals surface area contributed by atoms with E-state index >= 15 is 0 Å². The molecule has 0 aliphatic rings. The van der Waals surface area contributed by atoms with Crippen molar-refractivity contribution in [2.75, 3.05) is 30.3 Å². The second-order valence-electron chi connectivity index (χ2n) is 6.50. The zero-order valence-corrected chi connectivity index (χ0v) is 19.5. The average Bonchev–Trinajstić information content (AvgIpc) is 2.65. The number of carbonyl (C=O) groups excluding carboxylic acids is 1. The molecule has 0 aliphatic carbocycles. The molecule has 6 nitrogen and oxygen atoms in total. The molecular formula is C20H24BrClN2O4S. The maximum Gasteiger partial charge on any atom is 0.232 e. The van der Waals surface area contributed by atoms with Crippen molar-refractivity contribution in [3.05, 3.63) is 57.5 Å². The van der Waals surface area contributed by atoms with Crippen molar-refractivity contribution < 1.29 is 17.9 Å². The smallest absolute Gasteiger partial charge is 0.232 e. The van der Waals surface area contributed by atoms with Crippen molar-refractivity contribution in [1.82, 2.24) is 5.32 Å². The summed E-state index contributed by atoms with van der Waals surface area (Å²) < 4.78 is 31.8. The first-order valence-electron chi connectivity index (χ1n) is 9.06. The van der Waals surface area contributed by atoms with Gasteiger partial charge in [-0.15, -0.1) is 0 Å². The molecule has 0 saturated heterocycles. The van der Waals surface area contributed by atoms with Crippen molar-refractivity contribution in [3.8, 4) is 5.75 Å². The Morgan fingerprint density at radius 1 is 1.24 bits per heavy atom. The zero-order chi connectivity index (χ0) is 21.4. The van der Waals surface area contributed by atoms with Crippen LogP contribution in [0, 0.1) is 6.92 Å². The van der Waals surface area contributed by atoms with Crippen molar-refractivity contribution in [2.24, 2.45) is 0 Å². The van der Waals surface area contributed by atoms with Crippen LogP contribution in [0.15, 0.2) is 46.9 Å². The number of sulfonamides is 1. The van der Waals surface area contributed by atoms with Gasteiger partial charge in [0.05, 0.1) is 23.5 Å². The van der Waals surface area contributed by atoms with Crippen molar-refractivity contribution >= 4 is 49.1 Å². The number of benzene rings is 2. The lowest BCUT2D eigenvalue weighted by molar-refractivity contribution is -0.121. The molecule has 0 heterocycles. The maximum atomic E-state index is 12.1. The summed E-state index contributed by atoms with van der Waals surface area (Å²) in [6.07, 6.45) is 1.72. The molecule has 0 aliphatic heterocycles. The molecule has 0 saturated carbocycles. The minimum atomic E-state index is -3.49. The molecule has 0 fully saturated rings. The molecular weight excluding hydrogens is 480 g/mol. The van der Waals surface area contributed by atoms with Crippen LogP contribution in [0.3, 0.4) is 0 Å². The second kappa shape index (κ2) is 10.8. The van der Waals surface area contributed by atoms with E-state index < -0.39 is 10.0 Å². The Hall–Kier alpha value is -1.77. The van der Waals surface area contributed by atoms with Crippen LogP contribution in [0.25, 0.3) is 0 Å². The lowest BCUT2D eigenvalue weighted by Crippen LogP contribution is -2.33. The fraction of sp³-hybridized carbons (Fsp3) is 0.350. The van der Waals surface area contributed by atoms with Crippen molar-refractivity contribution in [2.45, 2.75) is 19.8 Å². The summed E-state index contributed by atoms with van der Waals surface area (Å²) in [6.45, 7) is 2.89. The van der Waals surface area contributed by atoms with Gasteiger partial charge >= 0.3 is 0 Å². The molecule has 2 rings (SSSR count). The van der Waals surface area contributed by atoms with E-state index in [0.717, 1.165) is 17.6 Å². The summed E-state index contributed by atoms with van der Waals surface area (Å²) in [4.78, 5) is 12.0. The lowest BCUT2D eigenvalue weighted by atomic mass is 10.2. The van der Waals surface area contributed by atoms with Gasteiger partial charge in [0.2, 0.25) is 15.9 Å². The fourth-order valence-corrected chi connectivity index (χ4v) is 4.05. The minimum absolute atomic E-state index is 0.152. The van der Waals surface area contributed by atoms with E-state index in [-0.39, 0.29) is 18.9 Å². The average molecular weight is 504 g/mol. The van der Waals surface area contributed by atoms with Gasteiger partial charge in [0, 0.05) is 17.4 Å². The van der Waals surface area contributed by atoms with Gasteiger partial charge in [0.15, 0.2) is 0 Å². The lowest BCUT2D eigenvalue weighted by Gasteiger charge is -2.22. The molecule has 29 heavy (non-hydrogen) atoms. The summed E-state index contributed by atoms with van der Waals surface area (Å²) >= 11 is 9.36. The second-order valence-corrected chi connectivity index (χ2v) is 9.67. The summed E-state index contributed by atoms with van der Waals surface area (Å²) in [6, 6.07) is 12.6. The Kier molecular flexibility index (Phi) is 8.79. The molecule has 0 aromatic heterocycles. The Labute approximate surface area is 185 Å². The van der Waals surface area contributed by atoms with Gasteiger partial charge in [-0.1, -0.05) is 29.8 Å². The van der Waals surface area contributed by atoms with Crippen LogP contribution in [0.1, 0.15) is 18.4 Å². The van der Waals surface area contributed by atoms with Crippen LogP contribution in [-0.2, 0) is 14.8 Å². The first-order chi connectivity index (χ1) is 13.7. The number of hydrogen-bond acceptors (Lipinski definition) is 4. The molecule has 0 radical (unpaired) electrons. The molecule has 0 spiro atoms. The Morgan fingerprint density at radius 3 is 2.62 bits per heavy atom. The first-order valence-corrected chi connectivity index (χ1v) is 12.1. The van der Waals surface area contributed by atoms with Crippen LogP contribution >= 0.6 is 27.5 Å². The van der Waals surface area contributed by atoms with Crippen molar-refractivity contribution in [1.29, 1.82) is 0 Å². The van der Waals surface area contributed by atoms with Crippen LogP contribution in [-0.4, -0.2) is 40.3 Å². The van der Waals surface area contributed by atoms with E-state index in [1.165, 1.54) is 4.31 Å². The van der Waals surface area contributed by atoms with Gasteiger partial charge in [-0.3, -0.25) is 9.10 Å². The molecule has 9 heteroatoms. The number of rotatable bonds is 10. The molecule has 1 N–H and O–H groups in total. The number of nitrogens with one attached hydrogen (secondary N) is 1. The summed E-state index contributed by atoms with van der Waals surface area (Å²) in [5.41, 5.74) is 1.50. The van der Waals surface area contributed by atoms with Gasteiger partial charge in [0.25, 0.3) is 0 Å². The summed E-state index contributed by atoms with van der Waals surface area (Å²) in [5.74, 6) is 0.638. The standard InChI is InChI=1S/C20H24BrClN2O4S/c1-15-6-3-4-7-19(15)28-13-11-23-20(25)8-5-12-24(29(2,26)27)16-9-10-17(21)18(22)14-16/h3-4,6-7,9-10,14H,5,8,11-13H2,1-2H3,(H,23,25). The number of halogens is 2. The Balaban J connectivity index is 1.79. The molecule has 158 valence electrons. The Bertz CT molecular complexity index is 953. The van der Waals surface area contributed by atoms with E-state index in [9.17, 15) is 13.2 Å².